The van der Waals surface area contributed by atoms with Crippen molar-refractivity contribution in [1.29, 1.82) is 0 Å². The van der Waals surface area contributed by atoms with E-state index in [1.807, 2.05) is 32.9 Å². The fourth-order valence-corrected chi connectivity index (χ4v) is 3.08. The summed E-state index contributed by atoms with van der Waals surface area (Å²) in [7, 11) is 0. The third-order valence-electron chi connectivity index (χ3n) is 2.85. The predicted molar refractivity (Wildman–Crippen MR) is 78.0 cm³/mol. The van der Waals surface area contributed by atoms with Gasteiger partial charge in [-0.2, -0.15) is 0 Å². The Hall–Kier alpha value is -1.68. The molecule has 0 aliphatic rings. The zero-order valence-electron chi connectivity index (χ0n) is 11.4. The number of carbonyl (C=O) groups is 1. The zero-order valence-corrected chi connectivity index (χ0v) is 12.2. The van der Waals surface area contributed by atoms with Gasteiger partial charge in [-0.3, -0.25) is 0 Å². The summed E-state index contributed by atoms with van der Waals surface area (Å²) in [6.07, 6.45) is 1.61. The quantitative estimate of drug-likeness (QED) is 0.914. The van der Waals surface area contributed by atoms with E-state index >= 15 is 0 Å². The van der Waals surface area contributed by atoms with Gasteiger partial charge in [-0.05, 0) is 32.4 Å². The van der Waals surface area contributed by atoms with Gasteiger partial charge in [0.1, 0.15) is 9.88 Å². The minimum absolute atomic E-state index is 0.371. The Morgan fingerprint density at radius 3 is 2.42 bits per heavy atom. The van der Waals surface area contributed by atoms with Gasteiger partial charge in [0.25, 0.3) is 0 Å². The van der Waals surface area contributed by atoms with Gasteiger partial charge in [0.2, 0.25) is 0 Å². The van der Waals surface area contributed by atoms with Gasteiger partial charge in [-0.25, -0.2) is 9.78 Å². The number of carboxylic acids is 1. The molecule has 0 atom stereocenters. The first kappa shape index (κ1) is 13.7. The van der Waals surface area contributed by atoms with Crippen molar-refractivity contribution in [3.05, 3.63) is 39.9 Å². The molecule has 0 fully saturated rings. The fraction of sp³-hybridized carbons (Fsp3) is 0.333. The lowest BCUT2D eigenvalue weighted by atomic mass is 10.1. The second-order valence-electron chi connectivity index (χ2n) is 4.73. The molecular formula is C15H17NO2S. The number of aryl methyl sites for hydroxylation is 3. The highest BCUT2D eigenvalue weighted by molar-refractivity contribution is 7.17. The number of aromatic carboxylic acids is 1. The van der Waals surface area contributed by atoms with Crippen molar-refractivity contribution in [2.45, 2.75) is 33.6 Å². The highest BCUT2D eigenvalue weighted by Crippen LogP contribution is 2.30. The molecule has 3 nitrogen and oxygen atoms in total. The molecule has 1 N–H and O–H groups in total. The molecular weight excluding hydrogens is 258 g/mol. The van der Waals surface area contributed by atoms with E-state index in [-0.39, 0.29) is 0 Å². The number of carboxylic acid groups (broad SMARTS) is 1. The van der Waals surface area contributed by atoms with E-state index in [0.717, 1.165) is 17.0 Å². The molecule has 19 heavy (non-hydrogen) atoms. The van der Waals surface area contributed by atoms with E-state index in [2.05, 4.69) is 11.1 Å². The maximum atomic E-state index is 11.2. The van der Waals surface area contributed by atoms with E-state index in [0.29, 0.717) is 17.0 Å². The minimum Gasteiger partial charge on any atom is -0.477 e. The molecule has 1 aromatic heterocycles. The Labute approximate surface area is 116 Å². The van der Waals surface area contributed by atoms with E-state index in [1.54, 1.807) is 0 Å². The molecule has 0 radical (unpaired) electrons. The van der Waals surface area contributed by atoms with Gasteiger partial charge in [0.15, 0.2) is 0 Å². The average molecular weight is 275 g/mol. The second-order valence-corrected chi connectivity index (χ2v) is 5.73. The van der Waals surface area contributed by atoms with E-state index in [4.69, 9.17) is 0 Å². The summed E-state index contributed by atoms with van der Waals surface area (Å²) in [6.45, 7) is 6.10. The van der Waals surface area contributed by atoms with Crippen molar-refractivity contribution >= 4 is 17.3 Å². The summed E-state index contributed by atoms with van der Waals surface area (Å²) in [6, 6.07) is 6.20. The lowest BCUT2D eigenvalue weighted by Crippen LogP contribution is -1.98. The summed E-state index contributed by atoms with van der Waals surface area (Å²) in [4.78, 5) is 16.1. The Bertz CT molecular complexity index is 596. The van der Waals surface area contributed by atoms with Crippen LogP contribution in [0.2, 0.25) is 0 Å². The van der Waals surface area contributed by atoms with Crippen LogP contribution in [-0.4, -0.2) is 16.1 Å². The molecule has 0 unspecified atom stereocenters. The van der Waals surface area contributed by atoms with Gasteiger partial charge in [0, 0.05) is 5.56 Å². The third-order valence-corrected chi connectivity index (χ3v) is 3.98. The van der Waals surface area contributed by atoms with Crippen molar-refractivity contribution in [2.24, 2.45) is 0 Å². The highest BCUT2D eigenvalue weighted by atomic mass is 32.1. The standard InChI is InChI=1S/C15H17NO2S/c1-4-5-12-13(15(17)18)19-14(16-12)11-7-9(2)6-10(3)8-11/h6-8H,4-5H2,1-3H3,(H,17,18). The van der Waals surface area contributed by atoms with E-state index in [9.17, 15) is 9.90 Å². The number of hydrogen-bond donors (Lipinski definition) is 1. The Balaban J connectivity index is 2.50. The largest absolute Gasteiger partial charge is 0.477 e. The van der Waals surface area contributed by atoms with Crippen LogP contribution < -0.4 is 0 Å². The Morgan fingerprint density at radius 1 is 1.26 bits per heavy atom. The van der Waals surface area contributed by atoms with Crippen molar-refractivity contribution in [2.75, 3.05) is 0 Å². The molecule has 0 amide bonds. The molecule has 0 saturated heterocycles. The van der Waals surface area contributed by atoms with Crippen LogP contribution in [0.5, 0.6) is 0 Å². The van der Waals surface area contributed by atoms with Crippen LogP contribution in [0.15, 0.2) is 18.2 Å². The van der Waals surface area contributed by atoms with Crippen LogP contribution in [0.25, 0.3) is 10.6 Å². The highest BCUT2D eigenvalue weighted by Gasteiger charge is 2.17. The van der Waals surface area contributed by atoms with Crippen molar-refractivity contribution in [1.82, 2.24) is 4.98 Å². The smallest absolute Gasteiger partial charge is 0.347 e. The second kappa shape index (κ2) is 5.53. The number of nitrogens with zero attached hydrogens (tertiary/aromatic N) is 1. The first-order chi connectivity index (χ1) is 9.01. The van der Waals surface area contributed by atoms with E-state index < -0.39 is 5.97 Å². The van der Waals surface area contributed by atoms with Crippen molar-refractivity contribution < 1.29 is 9.90 Å². The summed E-state index contributed by atoms with van der Waals surface area (Å²) >= 11 is 1.27. The number of rotatable bonds is 4. The van der Waals surface area contributed by atoms with Gasteiger partial charge in [-0.15, -0.1) is 11.3 Å². The van der Waals surface area contributed by atoms with E-state index in [1.165, 1.54) is 22.5 Å². The minimum atomic E-state index is -0.878. The van der Waals surface area contributed by atoms with Crippen LogP contribution in [0.3, 0.4) is 0 Å². The third kappa shape index (κ3) is 3.01. The lowest BCUT2D eigenvalue weighted by molar-refractivity contribution is 0.0700. The van der Waals surface area contributed by atoms with Crippen molar-refractivity contribution in [3.8, 4) is 10.6 Å². The molecule has 0 aliphatic carbocycles. The number of thiazole rings is 1. The first-order valence-electron chi connectivity index (χ1n) is 6.33. The van der Waals surface area contributed by atoms with Gasteiger partial charge in [-0.1, -0.05) is 30.5 Å². The molecule has 4 heteroatoms. The van der Waals surface area contributed by atoms with Crippen LogP contribution in [0.1, 0.15) is 39.8 Å². The molecule has 0 saturated carbocycles. The number of benzene rings is 1. The average Bonchev–Trinajstić information content (AvgIpc) is 2.72. The van der Waals surface area contributed by atoms with Crippen LogP contribution in [0, 0.1) is 13.8 Å². The first-order valence-corrected chi connectivity index (χ1v) is 7.14. The maximum absolute atomic E-state index is 11.2. The number of aromatic nitrogens is 1. The summed E-state index contributed by atoms with van der Waals surface area (Å²) in [5.74, 6) is -0.878. The van der Waals surface area contributed by atoms with Gasteiger partial charge < -0.3 is 5.11 Å². The lowest BCUT2D eigenvalue weighted by Gasteiger charge is -2.01. The molecule has 2 rings (SSSR count). The Morgan fingerprint density at radius 2 is 1.89 bits per heavy atom. The normalized spacial score (nSPS) is 10.7. The predicted octanol–water partition coefficient (Wildman–Crippen LogP) is 4.08. The molecule has 0 bridgehead atoms. The molecule has 100 valence electrons. The van der Waals surface area contributed by atoms with Crippen molar-refractivity contribution in [3.63, 3.8) is 0 Å². The molecule has 2 aromatic rings. The van der Waals surface area contributed by atoms with Gasteiger partial charge in [0.05, 0.1) is 5.69 Å². The monoisotopic (exact) mass is 275 g/mol. The summed E-state index contributed by atoms with van der Waals surface area (Å²) in [5.41, 5.74) is 4.04. The Kier molecular flexibility index (Phi) is 4.00. The number of hydrogen-bond acceptors (Lipinski definition) is 3. The summed E-state index contributed by atoms with van der Waals surface area (Å²) in [5, 5.41) is 10.0. The SMILES string of the molecule is CCCc1nc(-c2cc(C)cc(C)c2)sc1C(=O)O. The fourth-order valence-electron chi connectivity index (χ4n) is 2.15. The molecule has 0 spiro atoms. The van der Waals surface area contributed by atoms with Crippen LogP contribution in [-0.2, 0) is 6.42 Å². The van der Waals surface area contributed by atoms with Gasteiger partial charge >= 0.3 is 5.97 Å². The van der Waals surface area contributed by atoms with Crippen LogP contribution >= 0.6 is 11.3 Å². The molecule has 0 aliphatic heterocycles. The summed E-state index contributed by atoms with van der Waals surface area (Å²) < 4.78 is 0. The molecule has 1 heterocycles. The zero-order chi connectivity index (χ0) is 14.0. The maximum Gasteiger partial charge on any atom is 0.347 e. The topological polar surface area (TPSA) is 50.2 Å². The van der Waals surface area contributed by atoms with Crippen LogP contribution in [0.4, 0.5) is 0 Å². The molecule has 1 aromatic carbocycles.